The van der Waals surface area contributed by atoms with Crippen molar-refractivity contribution < 1.29 is 19.1 Å². The van der Waals surface area contributed by atoms with Gasteiger partial charge in [-0.05, 0) is 117 Å². The van der Waals surface area contributed by atoms with Gasteiger partial charge in [-0.25, -0.2) is 4.79 Å². The van der Waals surface area contributed by atoms with Gasteiger partial charge >= 0.3 is 11.9 Å². The number of nitrogens with one attached hydrogen (secondary N) is 1. The third kappa shape index (κ3) is 4.93. The summed E-state index contributed by atoms with van der Waals surface area (Å²) in [6, 6.07) is 9.83. The van der Waals surface area contributed by atoms with Crippen LogP contribution in [-0.2, 0) is 14.3 Å². The lowest BCUT2D eigenvalue weighted by Crippen LogP contribution is -2.62. The van der Waals surface area contributed by atoms with E-state index in [4.69, 9.17) is 9.47 Å². The first kappa shape index (κ1) is 27.7. The van der Waals surface area contributed by atoms with Crippen LogP contribution < -0.4 is 5.32 Å². The summed E-state index contributed by atoms with van der Waals surface area (Å²) in [7, 11) is 1.55. The average Bonchev–Trinajstić information content (AvgIpc) is 3.25. The number of esters is 2. The Balaban J connectivity index is 1.36. The first-order chi connectivity index (χ1) is 18.2. The summed E-state index contributed by atoms with van der Waals surface area (Å²) in [4.78, 5) is 25.7. The van der Waals surface area contributed by atoms with Crippen LogP contribution in [0.3, 0.4) is 0 Å². The minimum Gasteiger partial charge on any atom is -0.469 e. The van der Waals surface area contributed by atoms with Gasteiger partial charge in [0.2, 0.25) is 0 Å². The smallest absolute Gasteiger partial charge is 0.338 e. The molecule has 0 spiro atoms. The molecule has 0 bridgehead atoms. The maximum absolute atomic E-state index is 12.9. The Hall–Kier alpha value is -1.88. The molecule has 1 N–H and O–H groups in total. The number of ether oxygens (including phenoxy) is 2. The van der Waals surface area contributed by atoms with E-state index in [1.807, 2.05) is 30.3 Å². The maximum Gasteiger partial charge on any atom is 0.338 e. The van der Waals surface area contributed by atoms with Crippen LogP contribution in [0.2, 0.25) is 0 Å². The van der Waals surface area contributed by atoms with Gasteiger partial charge in [0.05, 0.1) is 18.6 Å². The van der Waals surface area contributed by atoms with Crippen LogP contribution in [0.1, 0.15) is 95.8 Å². The number of hydrogen-bond acceptors (Lipinski definition) is 5. The second-order valence-electron chi connectivity index (χ2n) is 13.9. The van der Waals surface area contributed by atoms with Crippen molar-refractivity contribution in [2.45, 2.75) is 97.6 Å². The van der Waals surface area contributed by atoms with Crippen LogP contribution in [0.4, 0.5) is 0 Å². The van der Waals surface area contributed by atoms with E-state index in [1.165, 1.54) is 19.3 Å². The average molecular weight is 524 g/mol. The normalized spacial score (nSPS) is 40.1. The minimum absolute atomic E-state index is 0.00461. The highest BCUT2D eigenvalue weighted by Gasteiger charge is 2.64. The molecule has 38 heavy (non-hydrogen) atoms. The Kier molecular flexibility index (Phi) is 7.97. The van der Waals surface area contributed by atoms with Crippen LogP contribution in [0.5, 0.6) is 0 Å². The van der Waals surface area contributed by atoms with Crippen LogP contribution in [0.15, 0.2) is 30.3 Å². The molecule has 0 radical (unpaired) electrons. The molecular weight excluding hydrogens is 474 g/mol. The number of carbonyl (C=O) groups excluding carboxylic acids is 2. The molecule has 4 fully saturated rings. The van der Waals surface area contributed by atoms with Crippen molar-refractivity contribution in [1.82, 2.24) is 5.32 Å². The number of rotatable bonds is 7. The molecule has 0 saturated heterocycles. The second kappa shape index (κ2) is 10.9. The van der Waals surface area contributed by atoms with Gasteiger partial charge < -0.3 is 14.8 Å². The van der Waals surface area contributed by atoms with Gasteiger partial charge in [0.25, 0.3) is 0 Å². The number of carbonyl (C=O) groups is 2. The van der Waals surface area contributed by atoms with Crippen LogP contribution >= 0.6 is 0 Å². The van der Waals surface area contributed by atoms with E-state index in [0.29, 0.717) is 41.2 Å². The van der Waals surface area contributed by atoms with Crippen molar-refractivity contribution in [2.24, 2.45) is 46.3 Å². The van der Waals surface area contributed by atoms with Gasteiger partial charge in [-0.3, -0.25) is 4.79 Å². The van der Waals surface area contributed by atoms with Gasteiger partial charge in [0.15, 0.2) is 0 Å². The Morgan fingerprint density at radius 3 is 2.50 bits per heavy atom. The van der Waals surface area contributed by atoms with E-state index in [9.17, 15) is 9.59 Å². The number of hydrogen-bond donors (Lipinski definition) is 1. The quantitative estimate of drug-likeness (QED) is 0.405. The molecular formula is C33H49NO4. The molecule has 1 aromatic rings. The van der Waals surface area contributed by atoms with E-state index in [-0.39, 0.29) is 34.8 Å². The molecule has 0 aromatic heterocycles. The van der Waals surface area contributed by atoms with E-state index in [0.717, 1.165) is 45.1 Å². The third-order valence-electron chi connectivity index (χ3n) is 11.5. The van der Waals surface area contributed by atoms with E-state index in [1.54, 1.807) is 7.11 Å². The number of benzene rings is 1. The van der Waals surface area contributed by atoms with Gasteiger partial charge in [-0.1, -0.05) is 45.9 Å². The zero-order valence-electron chi connectivity index (χ0n) is 24.2. The lowest BCUT2D eigenvalue weighted by molar-refractivity contribution is -0.161. The summed E-state index contributed by atoms with van der Waals surface area (Å²) in [6.45, 7) is 10.6. The predicted octanol–water partition coefficient (Wildman–Crippen LogP) is 6.66. The molecule has 5 nitrogen and oxygen atoms in total. The molecule has 4 aliphatic carbocycles. The zero-order valence-corrected chi connectivity index (χ0v) is 24.2. The molecule has 4 saturated carbocycles. The Bertz CT molecular complexity index is 994. The molecule has 210 valence electrons. The Labute approximate surface area is 229 Å². The molecule has 4 aliphatic rings. The first-order valence-electron chi connectivity index (χ1n) is 15.2. The molecule has 0 amide bonds. The fraction of sp³-hybridized carbons (Fsp3) is 0.758. The predicted molar refractivity (Wildman–Crippen MR) is 150 cm³/mol. The SMILES string of the molecule is COC(=O)[C@H]1CC[C@H]2[C@@H]3CC[C@H]4C[C@H](OC(=O)c5ccccc5)CC[C@]4(C)[C@H]3[C@H](NCCC(C)C)C[C@]12C. The summed E-state index contributed by atoms with van der Waals surface area (Å²) in [5, 5.41) is 4.05. The van der Waals surface area contributed by atoms with Crippen LogP contribution in [0.25, 0.3) is 0 Å². The number of fused-ring (bicyclic) bond motifs is 5. The molecule has 5 rings (SSSR count). The van der Waals surface area contributed by atoms with Crippen LogP contribution in [0, 0.1) is 46.3 Å². The number of methoxy groups -OCH3 is 1. The molecule has 0 unspecified atom stereocenters. The van der Waals surface area contributed by atoms with E-state index >= 15 is 0 Å². The fourth-order valence-corrected chi connectivity index (χ4v) is 9.59. The summed E-state index contributed by atoms with van der Waals surface area (Å²) in [5.41, 5.74) is 0.889. The van der Waals surface area contributed by atoms with Crippen molar-refractivity contribution >= 4 is 11.9 Å². The molecule has 1 aromatic carbocycles. The van der Waals surface area contributed by atoms with Crippen molar-refractivity contribution in [2.75, 3.05) is 13.7 Å². The van der Waals surface area contributed by atoms with Crippen LogP contribution in [-0.4, -0.2) is 37.7 Å². The van der Waals surface area contributed by atoms with Gasteiger partial charge in [0, 0.05) is 6.04 Å². The van der Waals surface area contributed by atoms with Crippen molar-refractivity contribution in [3.05, 3.63) is 35.9 Å². The van der Waals surface area contributed by atoms with Gasteiger partial charge in [0.1, 0.15) is 6.10 Å². The monoisotopic (exact) mass is 523 g/mol. The zero-order chi connectivity index (χ0) is 27.1. The fourth-order valence-electron chi connectivity index (χ4n) is 9.59. The lowest BCUT2D eigenvalue weighted by atomic mass is 9.43. The molecule has 5 heteroatoms. The van der Waals surface area contributed by atoms with E-state index < -0.39 is 0 Å². The molecule has 9 atom stereocenters. The Morgan fingerprint density at radius 2 is 1.79 bits per heavy atom. The minimum atomic E-state index is -0.186. The highest BCUT2D eigenvalue weighted by molar-refractivity contribution is 5.89. The first-order valence-corrected chi connectivity index (χ1v) is 15.2. The largest absolute Gasteiger partial charge is 0.469 e. The van der Waals surface area contributed by atoms with Gasteiger partial charge in [-0.15, -0.1) is 0 Å². The van der Waals surface area contributed by atoms with E-state index in [2.05, 4.69) is 33.0 Å². The second-order valence-corrected chi connectivity index (χ2v) is 13.9. The van der Waals surface area contributed by atoms with Crippen molar-refractivity contribution in [3.8, 4) is 0 Å². The standard InChI is InChI=1S/C33H49NO4/c1-21(2)16-18-34-28-20-33(4)26(13-14-27(33)31(36)37-5)25-12-11-23-19-24(15-17-32(23,3)29(25)28)38-30(35)22-9-7-6-8-10-22/h6-10,21,23-29,34H,11-20H2,1-5H3/t23-,24+,25-,26-,27+,28+,29+,32-,33-/m0/s1. The Morgan fingerprint density at radius 1 is 1.03 bits per heavy atom. The topological polar surface area (TPSA) is 64.6 Å². The maximum atomic E-state index is 12.9. The van der Waals surface area contributed by atoms with Crippen molar-refractivity contribution in [3.63, 3.8) is 0 Å². The summed E-state index contributed by atoms with van der Waals surface area (Å²) >= 11 is 0. The molecule has 0 aliphatic heterocycles. The summed E-state index contributed by atoms with van der Waals surface area (Å²) in [5.74, 6) is 2.91. The summed E-state index contributed by atoms with van der Waals surface area (Å²) < 4.78 is 11.4. The third-order valence-corrected chi connectivity index (χ3v) is 11.5. The van der Waals surface area contributed by atoms with Gasteiger partial charge in [-0.2, -0.15) is 0 Å². The lowest BCUT2D eigenvalue weighted by Gasteiger charge is -2.63. The van der Waals surface area contributed by atoms with Crippen molar-refractivity contribution in [1.29, 1.82) is 0 Å². The highest BCUT2D eigenvalue weighted by atomic mass is 16.5. The molecule has 0 heterocycles. The summed E-state index contributed by atoms with van der Waals surface area (Å²) in [6.07, 6.45) is 9.81. The highest BCUT2D eigenvalue weighted by Crippen LogP contribution is 2.67.